The largest absolute Gasteiger partial charge is 0.508 e. The lowest BCUT2D eigenvalue weighted by molar-refractivity contribution is -0.130. The highest BCUT2D eigenvalue weighted by Crippen LogP contribution is 2.37. The smallest absolute Gasteiger partial charge is 0.240 e. The van der Waals surface area contributed by atoms with E-state index in [1.807, 2.05) is 0 Å². The molecule has 2 aromatic carbocycles. The highest BCUT2D eigenvalue weighted by Gasteiger charge is 2.32. The number of hydrogen-bond donors (Lipinski definition) is 2. The molecule has 1 amide bonds. The summed E-state index contributed by atoms with van der Waals surface area (Å²) in [7, 11) is -3.39. The molecule has 1 heterocycles. The molecule has 0 aliphatic carbocycles. The van der Waals surface area contributed by atoms with Gasteiger partial charge in [-0.05, 0) is 23.8 Å². The summed E-state index contributed by atoms with van der Waals surface area (Å²) in [5, 5.41) is 15.9. The highest BCUT2D eigenvalue weighted by atomic mass is 32.2. The third-order valence-electron chi connectivity index (χ3n) is 4.03. The van der Waals surface area contributed by atoms with E-state index < -0.39 is 16.1 Å². The molecule has 0 radical (unpaired) electrons. The van der Waals surface area contributed by atoms with Gasteiger partial charge >= 0.3 is 0 Å². The van der Waals surface area contributed by atoms with Crippen LogP contribution in [0.2, 0.25) is 0 Å². The van der Waals surface area contributed by atoms with Crippen LogP contribution in [0.3, 0.4) is 0 Å². The Morgan fingerprint density at radius 2 is 1.96 bits per heavy atom. The maximum Gasteiger partial charge on any atom is 0.240 e. The lowest BCUT2D eigenvalue weighted by Crippen LogP contribution is -2.24. The number of hydrazone groups is 1. The highest BCUT2D eigenvalue weighted by molar-refractivity contribution is 7.92. The molecule has 0 aromatic heterocycles. The molecule has 26 heavy (non-hydrogen) atoms. The van der Waals surface area contributed by atoms with E-state index in [0.29, 0.717) is 28.9 Å². The number of hydrogen-bond acceptors (Lipinski definition) is 5. The fraction of sp³-hybridized carbons (Fsp3) is 0.222. The van der Waals surface area contributed by atoms with Crippen molar-refractivity contribution in [2.45, 2.75) is 19.4 Å². The SMILES string of the molecule is CC(=O)N1N=C(c2cccc(NS(C)(=O)=O)c2)C[C@H]1c1ccccc1O. The minimum atomic E-state index is -3.39. The van der Waals surface area contributed by atoms with E-state index in [9.17, 15) is 18.3 Å². The summed E-state index contributed by atoms with van der Waals surface area (Å²) in [6.07, 6.45) is 1.50. The third-order valence-corrected chi connectivity index (χ3v) is 4.63. The molecule has 0 saturated carbocycles. The van der Waals surface area contributed by atoms with Crippen LogP contribution < -0.4 is 4.72 Å². The van der Waals surface area contributed by atoms with E-state index in [4.69, 9.17) is 0 Å². The lowest BCUT2D eigenvalue weighted by Gasteiger charge is -2.21. The zero-order valence-corrected chi connectivity index (χ0v) is 15.2. The molecule has 1 aliphatic rings. The number of nitrogens with one attached hydrogen (secondary N) is 1. The Balaban J connectivity index is 1.95. The van der Waals surface area contributed by atoms with E-state index in [1.165, 1.54) is 11.9 Å². The molecule has 7 nitrogen and oxygen atoms in total. The molecule has 2 aromatic rings. The average Bonchev–Trinajstić information content (AvgIpc) is 2.99. The number of benzene rings is 2. The standard InChI is InChI=1S/C18H19N3O4S/c1-12(22)21-17(15-8-3-4-9-18(15)23)11-16(19-21)13-6-5-7-14(10-13)20-26(2,24)25/h3-10,17,20,23H,11H2,1-2H3/t17-/m0/s1. The molecule has 1 atom stereocenters. The molecular weight excluding hydrogens is 354 g/mol. The number of anilines is 1. The number of phenolic OH excluding ortho intramolecular Hbond substituents is 1. The fourth-order valence-electron chi connectivity index (χ4n) is 2.96. The molecular formula is C18H19N3O4S. The minimum Gasteiger partial charge on any atom is -0.508 e. The molecule has 3 rings (SSSR count). The lowest BCUT2D eigenvalue weighted by atomic mass is 9.97. The Morgan fingerprint density at radius 3 is 2.62 bits per heavy atom. The van der Waals surface area contributed by atoms with E-state index >= 15 is 0 Å². The van der Waals surface area contributed by atoms with Crippen LogP contribution in [0.5, 0.6) is 5.75 Å². The van der Waals surface area contributed by atoms with E-state index in [0.717, 1.165) is 6.26 Å². The number of sulfonamides is 1. The van der Waals surface area contributed by atoms with Crippen molar-refractivity contribution in [1.29, 1.82) is 0 Å². The minimum absolute atomic E-state index is 0.104. The van der Waals surface area contributed by atoms with Crippen LogP contribution in [0.4, 0.5) is 5.69 Å². The molecule has 0 fully saturated rings. The van der Waals surface area contributed by atoms with E-state index in [-0.39, 0.29) is 11.7 Å². The van der Waals surface area contributed by atoms with Gasteiger partial charge in [0.2, 0.25) is 15.9 Å². The van der Waals surface area contributed by atoms with Gasteiger partial charge in [-0.15, -0.1) is 0 Å². The second-order valence-corrected chi connectivity index (χ2v) is 7.89. The second kappa shape index (κ2) is 6.80. The summed E-state index contributed by atoms with van der Waals surface area (Å²) in [5.74, 6) is -0.133. The first-order valence-corrected chi connectivity index (χ1v) is 9.87. The van der Waals surface area contributed by atoms with Crippen molar-refractivity contribution in [3.05, 3.63) is 59.7 Å². The molecule has 8 heteroatoms. The number of amides is 1. The number of nitrogens with zero attached hydrogens (tertiary/aromatic N) is 2. The second-order valence-electron chi connectivity index (χ2n) is 6.14. The Hall–Kier alpha value is -2.87. The average molecular weight is 373 g/mol. The van der Waals surface area contributed by atoms with Gasteiger partial charge in [-0.1, -0.05) is 30.3 Å². The third kappa shape index (κ3) is 3.85. The zero-order valence-electron chi connectivity index (χ0n) is 14.4. The molecule has 0 bridgehead atoms. The molecule has 1 aliphatic heterocycles. The number of carbonyl (C=O) groups excluding carboxylic acids is 1. The van der Waals surface area contributed by atoms with Crippen LogP contribution in [0.25, 0.3) is 0 Å². The van der Waals surface area contributed by atoms with Gasteiger partial charge in [0.05, 0.1) is 18.0 Å². The van der Waals surface area contributed by atoms with E-state index in [2.05, 4.69) is 9.82 Å². The predicted molar refractivity (Wildman–Crippen MR) is 99.4 cm³/mol. The number of aromatic hydroxyl groups is 1. The summed E-state index contributed by atoms with van der Waals surface area (Å²) in [4.78, 5) is 12.0. The van der Waals surface area contributed by atoms with Crippen molar-refractivity contribution in [2.24, 2.45) is 5.10 Å². The Morgan fingerprint density at radius 1 is 1.23 bits per heavy atom. The van der Waals surface area contributed by atoms with Crippen molar-refractivity contribution in [3.63, 3.8) is 0 Å². The zero-order chi connectivity index (χ0) is 18.9. The summed E-state index contributed by atoms with van der Waals surface area (Å²) in [6, 6.07) is 13.3. The van der Waals surface area contributed by atoms with Crippen molar-refractivity contribution in [1.82, 2.24) is 5.01 Å². The van der Waals surface area contributed by atoms with Gasteiger partial charge < -0.3 is 5.11 Å². The van der Waals surface area contributed by atoms with Crippen molar-refractivity contribution < 1.29 is 18.3 Å². The van der Waals surface area contributed by atoms with Crippen LogP contribution in [0, 0.1) is 0 Å². The van der Waals surface area contributed by atoms with Crippen LogP contribution >= 0.6 is 0 Å². The molecule has 136 valence electrons. The summed E-state index contributed by atoms with van der Waals surface area (Å²) < 4.78 is 25.3. The summed E-state index contributed by atoms with van der Waals surface area (Å²) in [5.41, 5.74) is 2.40. The van der Waals surface area contributed by atoms with Gasteiger partial charge in [-0.25, -0.2) is 13.4 Å². The van der Waals surface area contributed by atoms with Crippen molar-refractivity contribution in [2.75, 3.05) is 11.0 Å². The van der Waals surface area contributed by atoms with Gasteiger partial charge in [-0.2, -0.15) is 5.10 Å². The topological polar surface area (TPSA) is 99.1 Å². The summed E-state index contributed by atoms with van der Waals surface area (Å²) in [6.45, 7) is 1.42. The van der Waals surface area contributed by atoms with Gasteiger partial charge in [0.1, 0.15) is 5.75 Å². The maximum atomic E-state index is 12.0. The first-order valence-electron chi connectivity index (χ1n) is 7.98. The van der Waals surface area contributed by atoms with Crippen LogP contribution in [-0.4, -0.2) is 36.4 Å². The Bertz CT molecular complexity index is 985. The van der Waals surface area contributed by atoms with Gasteiger partial charge in [0.15, 0.2) is 0 Å². The number of phenols is 1. The first kappa shape index (κ1) is 17.9. The molecule has 0 saturated heterocycles. The number of rotatable bonds is 4. The summed E-state index contributed by atoms with van der Waals surface area (Å²) >= 11 is 0. The monoisotopic (exact) mass is 373 g/mol. The Labute approximate surface area is 152 Å². The normalized spacial score (nSPS) is 17.1. The Kier molecular flexibility index (Phi) is 4.69. The van der Waals surface area contributed by atoms with Gasteiger partial charge in [-0.3, -0.25) is 9.52 Å². The molecule has 0 spiro atoms. The quantitative estimate of drug-likeness (QED) is 0.860. The maximum absolute atomic E-state index is 12.0. The van der Waals surface area contributed by atoms with Crippen molar-refractivity contribution in [3.8, 4) is 5.75 Å². The van der Waals surface area contributed by atoms with Gasteiger partial charge in [0.25, 0.3) is 0 Å². The molecule has 0 unspecified atom stereocenters. The predicted octanol–water partition coefficient (Wildman–Crippen LogP) is 2.46. The van der Waals surface area contributed by atoms with Crippen molar-refractivity contribution >= 4 is 27.3 Å². The van der Waals surface area contributed by atoms with Crippen LogP contribution in [0.1, 0.15) is 30.5 Å². The molecule has 2 N–H and O–H groups in total. The van der Waals surface area contributed by atoms with Gasteiger partial charge in [0, 0.05) is 24.6 Å². The fourth-order valence-corrected chi connectivity index (χ4v) is 3.52. The number of carbonyl (C=O) groups is 1. The van der Waals surface area contributed by atoms with Crippen LogP contribution in [-0.2, 0) is 14.8 Å². The van der Waals surface area contributed by atoms with Crippen LogP contribution in [0.15, 0.2) is 53.6 Å². The van der Waals surface area contributed by atoms with E-state index in [1.54, 1.807) is 48.5 Å². The first-order chi connectivity index (χ1) is 12.2. The number of para-hydroxylation sites is 1.